The number of azo groups is 1. The number of nitrogens with zero attached hydrogens (tertiary/aromatic N) is 2. The van der Waals surface area contributed by atoms with Crippen molar-refractivity contribution < 1.29 is 19.4 Å². The minimum absolute atomic E-state index is 0.176. The molecule has 0 aromatic heterocycles. The van der Waals surface area contributed by atoms with Gasteiger partial charge < -0.3 is 14.6 Å². The van der Waals surface area contributed by atoms with Crippen LogP contribution in [0, 0.1) is 6.08 Å². The van der Waals surface area contributed by atoms with Crippen molar-refractivity contribution in [3.05, 3.63) is 59.9 Å². The summed E-state index contributed by atoms with van der Waals surface area (Å²) < 4.78 is 9.70. The van der Waals surface area contributed by atoms with Gasteiger partial charge in [-0.2, -0.15) is 5.11 Å². The first-order chi connectivity index (χ1) is 10.2. The van der Waals surface area contributed by atoms with Crippen molar-refractivity contribution >= 4 is 5.97 Å². The summed E-state index contributed by atoms with van der Waals surface area (Å²) in [6, 6.07) is 0. The molecule has 6 heteroatoms. The highest BCUT2D eigenvalue weighted by molar-refractivity contribution is 5.93. The van der Waals surface area contributed by atoms with Crippen LogP contribution in [0.25, 0.3) is 0 Å². The van der Waals surface area contributed by atoms with E-state index >= 15 is 0 Å². The van der Waals surface area contributed by atoms with Gasteiger partial charge in [0.05, 0.1) is 18.2 Å². The molecular formula is C15H16N2O4. The Hall–Kier alpha value is -2.72. The first-order valence-electron chi connectivity index (χ1n) is 6.38. The number of ether oxygens (including phenoxy) is 2. The van der Waals surface area contributed by atoms with Crippen LogP contribution < -0.4 is 5.11 Å². The molecule has 0 aromatic carbocycles. The molecule has 0 N–H and O–H groups in total. The average Bonchev–Trinajstić information content (AvgIpc) is 2.48. The van der Waals surface area contributed by atoms with Gasteiger partial charge in [-0.25, -0.2) is 4.79 Å². The fourth-order valence-corrected chi connectivity index (χ4v) is 1.29. The maximum atomic E-state index is 11.9. The second-order valence-electron chi connectivity index (χ2n) is 3.71. The Morgan fingerprint density at radius 3 is 3.00 bits per heavy atom. The zero-order chi connectivity index (χ0) is 15.5. The predicted octanol–water partition coefficient (Wildman–Crippen LogP) is 1.94. The number of hydrogen-bond donors (Lipinski definition) is 0. The smallest absolute Gasteiger partial charge is 0.399 e. The maximum Gasteiger partial charge on any atom is 0.399 e. The molecule has 1 aliphatic carbocycles. The van der Waals surface area contributed by atoms with Gasteiger partial charge >= 0.3 is 5.97 Å². The molecule has 0 aliphatic heterocycles. The summed E-state index contributed by atoms with van der Waals surface area (Å²) in [5, 5.41) is 18.5. The molecule has 0 atom stereocenters. The van der Waals surface area contributed by atoms with Crippen LogP contribution in [-0.4, -0.2) is 19.2 Å². The number of allylic oxidation sites excluding steroid dienone is 4. The Morgan fingerprint density at radius 2 is 2.29 bits per heavy atom. The van der Waals surface area contributed by atoms with Gasteiger partial charge in [0.2, 0.25) is 11.3 Å². The molecule has 6 nitrogen and oxygen atoms in total. The normalized spacial score (nSPS) is 14.9. The van der Waals surface area contributed by atoms with E-state index in [1.54, 1.807) is 31.2 Å². The van der Waals surface area contributed by atoms with E-state index in [-0.39, 0.29) is 18.8 Å². The summed E-state index contributed by atoms with van der Waals surface area (Å²) in [4.78, 5) is 11.9. The average molecular weight is 288 g/mol. The van der Waals surface area contributed by atoms with Crippen LogP contribution in [-0.2, 0) is 14.3 Å². The molecule has 0 saturated heterocycles. The van der Waals surface area contributed by atoms with Crippen molar-refractivity contribution in [3.63, 3.8) is 0 Å². The SMILES string of the molecule is C/C=C/COC(=O)C1=C(N=N/C=C(\[O-])OCC)C=C[C+]=C1. The largest absolute Gasteiger partial charge is 0.612 e. The summed E-state index contributed by atoms with van der Waals surface area (Å²) in [6.45, 7) is 3.95. The van der Waals surface area contributed by atoms with E-state index < -0.39 is 11.9 Å². The van der Waals surface area contributed by atoms with Crippen molar-refractivity contribution in [2.45, 2.75) is 13.8 Å². The highest BCUT2D eigenvalue weighted by Gasteiger charge is 2.23. The zero-order valence-corrected chi connectivity index (χ0v) is 11.9. The van der Waals surface area contributed by atoms with Crippen molar-refractivity contribution in [2.75, 3.05) is 13.2 Å². The Morgan fingerprint density at radius 1 is 1.48 bits per heavy atom. The van der Waals surface area contributed by atoms with E-state index in [9.17, 15) is 9.90 Å². The Bertz CT molecular complexity index is 540. The number of rotatable bonds is 7. The van der Waals surface area contributed by atoms with E-state index in [2.05, 4.69) is 21.0 Å². The number of carbonyl (C=O) groups excluding carboxylic acids is 1. The standard InChI is InChI=1S/C15H16N2O4/c1-3-5-10-21-15(19)12-8-6-7-9-13(12)17-16-11-14(18)20-4-2/h3,5,7-9,11H,4,10H2,1-2H3/b5-3+. The fraction of sp³-hybridized carbons (Fsp3) is 0.267. The van der Waals surface area contributed by atoms with Gasteiger partial charge in [0.15, 0.2) is 0 Å². The van der Waals surface area contributed by atoms with Gasteiger partial charge in [0.25, 0.3) is 0 Å². The van der Waals surface area contributed by atoms with Crippen molar-refractivity contribution in [2.24, 2.45) is 10.2 Å². The topological polar surface area (TPSA) is 83.3 Å². The van der Waals surface area contributed by atoms with Crippen molar-refractivity contribution in [3.8, 4) is 0 Å². The van der Waals surface area contributed by atoms with E-state index in [4.69, 9.17) is 4.74 Å². The summed E-state index contributed by atoms with van der Waals surface area (Å²) in [7, 11) is 0. The summed E-state index contributed by atoms with van der Waals surface area (Å²) in [5.41, 5.74) is 0.516. The molecule has 0 fully saturated rings. The molecule has 0 spiro atoms. The molecule has 21 heavy (non-hydrogen) atoms. The fourth-order valence-electron chi connectivity index (χ4n) is 1.29. The minimum Gasteiger partial charge on any atom is -0.612 e. The lowest BCUT2D eigenvalue weighted by atomic mass is 10.1. The van der Waals surface area contributed by atoms with Gasteiger partial charge in [0, 0.05) is 6.08 Å². The minimum atomic E-state index is -0.596. The highest BCUT2D eigenvalue weighted by Crippen LogP contribution is 2.16. The van der Waals surface area contributed by atoms with Crippen LogP contribution in [0.2, 0.25) is 0 Å². The summed E-state index contributed by atoms with van der Waals surface area (Å²) in [6.07, 6.45) is 11.8. The van der Waals surface area contributed by atoms with Crippen LogP contribution in [0.3, 0.4) is 0 Å². The predicted molar refractivity (Wildman–Crippen MR) is 74.3 cm³/mol. The van der Waals surface area contributed by atoms with Crippen LogP contribution in [0.15, 0.2) is 64.0 Å². The number of carbonyl (C=O) groups is 1. The monoisotopic (exact) mass is 288 g/mol. The van der Waals surface area contributed by atoms with Crippen LogP contribution in [0.5, 0.6) is 0 Å². The van der Waals surface area contributed by atoms with Crippen LogP contribution in [0.1, 0.15) is 13.8 Å². The molecule has 0 amide bonds. The third-order valence-electron chi connectivity index (χ3n) is 2.22. The Balaban J connectivity index is 2.81. The quantitative estimate of drug-likeness (QED) is 0.235. The number of esters is 1. The molecule has 110 valence electrons. The molecule has 0 bridgehead atoms. The second-order valence-corrected chi connectivity index (χ2v) is 3.71. The Kier molecular flexibility index (Phi) is 7.18. The summed E-state index contributed by atoms with van der Waals surface area (Å²) >= 11 is 0. The summed E-state index contributed by atoms with van der Waals surface area (Å²) in [5.74, 6) is -1.13. The number of hydrogen-bond acceptors (Lipinski definition) is 6. The molecule has 0 saturated carbocycles. The highest BCUT2D eigenvalue weighted by atomic mass is 16.6. The molecule has 0 unspecified atom stereocenters. The maximum absolute atomic E-state index is 11.9. The molecule has 1 rings (SSSR count). The van der Waals surface area contributed by atoms with Gasteiger partial charge in [-0.05, 0) is 13.5 Å². The van der Waals surface area contributed by atoms with Crippen molar-refractivity contribution in [1.29, 1.82) is 0 Å². The zero-order valence-electron chi connectivity index (χ0n) is 11.9. The van der Waals surface area contributed by atoms with Gasteiger partial charge in [-0.15, -0.1) is 5.11 Å². The third kappa shape index (κ3) is 5.84. The second kappa shape index (κ2) is 9.23. The van der Waals surface area contributed by atoms with Gasteiger partial charge in [0.1, 0.15) is 18.8 Å². The molecule has 0 aromatic rings. The first-order valence-corrected chi connectivity index (χ1v) is 6.38. The van der Waals surface area contributed by atoms with Crippen LogP contribution >= 0.6 is 0 Å². The van der Waals surface area contributed by atoms with E-state index in [1.165, 1.54) is 6.08 Å². The third-order valence-corrected chi connectivity index (χ3v) is 2.22. The Labute approximate surface area is 123 Å². The molecule has 0 heterocycles. The first kappa shape index (κ1) is 16.3. The van der Waals surface area contributed by atoms with Gasteiger partial charge in [-0.3, -0.25) is 0 Å². The van der Waals surface area contributed by atoms with E-state index in [0.29, 0.717) is 5.70 Å². The molecular weight excluding hydrogens is 272 g/mol. The van der Waals surface area contributed by atoms with Crippen molar-refractivity contribution in [1.82, 2.24) is 0 Å². The van der Waals surface area contributed by atoms with Gasteiger partial charge in [-0.1, -0.05) is 19.1 Å². The van der Waals surface area contributed by atoms with E-state index in [1.807, 2.05) is 6.92 Å². The molecule has 0 radical (unpaired) electrons. The van der Waals surface area contributed by atoms with Crippen LogP contribution in [0.4, 0.5) is 0 Å². The molecule has 1 aliphatic rings. The lowest BCUT2D eigenvalue weighted by Gasteiger charge is -2.09. The lowest BCUT2D eigenvalue weighted by molar-refractivity contribution is -0.357. The lowest BCUT2D eigenvalue weighted by Crippen LogP contribution is -2.09. The van der Waals surface area contributed by atoms with E-state index in [0.717, 1.165) is 6.20 Å².